The molecular weight excluding hydrogens is 366 g/mol. The van der Waals surface area contributed by atoms with Gasteiger partial charge in [0.2, 0.25) is 0 Å². The first-order valence-corrected chi connectivity index (χ1v) is 8.11. The number of ether oxygens (including phenoxy) is 1. The average Bonchev–Trinajstić information content (AvgIpc) is 2.48. The molecule has 0 saturated carbocycles. The molecule has 0 radical (unpaired) electrons. The summed E-state index contributed by atoms with van der Waals surface area (Å²) in [5.41, 5.74) is -0.289. The molecule has 0 aromatic carbocycles. The van der Waals surface area contributed by atoms with Crippen molar-refractivity contribution in [2.75, 3.05) is 18.2 Å². The van der Waals surface area contributed by atoms with Crippen molar-refractivity contribution in [2.24, 2.45) is 7.05 Å². The molecule has 21 heavy (non-hydrogen) atoms. The molecule has 2 heterocycles. The number of thioether (sulfide) groups is 1. The van der Waals surface area contributed by atoms with Crippen molar-refractivity contribution in [2.45, 2.75) is 29.7 Å². The highest BCUT2D eigenvalue weighted by Gasteiger charge is 2.38. The van der Waals surface area contributed by atoms with Gasteiger partial charge in [0.05, 0.1) is 6.61 Å². The third-order valence-electron chi connectivity index (χ3n) is 3.16. The van der Waals surface area contributed by atoms with Crippen LogP contribution in [0.1, 0.15) is 0 Å². The molecule has 0 aliphatic carbocycles. The van der Waals surface area contributed by atoms with Gasteiger partial charge in [0.1, 0.15) is 22.8 Å². The van der Waals surface area contributed by atoms with Crippen LogP contribution in [0.2, 0.25) is 0 Å². The molecule has 1 aliphatic rings. The minimum absolute atomic E-state index is 0.131. The number of hydrogen-bond donors (Lipinski definition) is 4. The summed E-state index contributed by atoms with van der Waals surface area (Å²) < 4.78 is 6.81. The normalized spacial score (nSPS) is 29.4. The summed E-state index contributed by atoms with van der Waals surface area (Å²) in [5.74, 6) is 0.204. The van der Waals surface area contributed by atoms with Crippen LogP contribution >= 0.6 is 27.7 Å². The maximum absolute atomic E-state index is 12.0. The second-order valence-electron chi connectivity index (χ2n) is 4.57. The molecule has 4 atom stereocenters. The molecule has 1 aromatic rings. The molecule has 1 saturated heterocycles. The predicted molar refractivity (Wildman–Crippen MR) is 80.3 cm³/mol. The Bertz CT molecular complexity index is 584. The van der Waals surface area contributed by atoms with Crippen LogP contribution in [0, 0.1) is 0 Å². The molecule has 0 amide bonds. The van der Waals surface area contributed by atoms with Crippen molar-refractivity contribution < 1.29 is 20.1 Å². The molecule has 1 fully saturated rings. The van der Waals surface area contributed by atoms with Gasteiger partial charge in [-0.2, -0.15) is 0 Å². The second kappa shape index (κ2) is 6.63. The van der Waals surface area contributed by atoms with Crippen LogP contribution in [0.3, 0.4) is 0 Å². The van der Waals surface area contributed by atoms with Gasteiger partial charge in [-0.15, -0.1) is 0 Å². The first-order valence-electron chi connectivity index (χ1n) is 6.09. The van der Waals surface area contributed by atoms with E-state index in [2.05, 4.69) is 26.2 Å². The summed E-state index contributed by atoms with van der Waals surface area (Å²) in [7, 11) is 1.60. The molecular formula is C11H16BrN3O5S. The van der Waals surface area contributed by atoms with Gasteiger partial charge in [0, 0.05) is 7.05 Å². The number of aliphatic hydroxyl groups is 3. The average molecular weight is 382 g/mol. The van der Waals surface area contributed by atoms with Gasteiger partial charge in [-0.3, -0.25) is 9.36 Å². The Balaban J connectivity index is 2.28. The highest BCUT2D eigenvalue weighted by atomic mass is 79.9. The van der Waals surface area contributed by atoms with Crippen molar-refractivity contribution >= 4 is 33.5 Å². The van der Waals surface area contributed by atoms with Crippen LogP contribution < -0.4 is 10.9 Å². The predicted octanol–water partition coefficient (Wildman–Crippen LogP) is -0.884. The Hall–Kier alpha value is -0.650. The van der Waals surface area contributed by atoms with E-state index in [9.17, 15) is 20.1 Å². The van der Waals surface area contributed by atoms with Crippen molar-refractivity contribution in [3.8, 4) is 0 Å². The third kappa shape index (κ3) is 3.25. The number of anilines is 1. The summed E-state index contributed by atoms with van der Waals surface area (Å²) in [6, 6.07) is 0. The van der Waals surface area contributed by atoms with E-state index in [1.807, 2.05) is 0 Å². The number of hydrogen-bond acceptors (Lipinski definition) is 8. The van der Waals surface area contributed by atoms with Gasteiger partial charge in [0.25, 0.3) is 5.56 Å². The minimum Gasteiger partial charge on any atom is -0.388 e. The SMILES string of the molecule is CSc1nc(N[C@@H]2OC[C@@H](O)[C@@H](O)[C@@H]2O)c(Br)c(=O)n1C. The zero-order chi connectivity index (χ0) is 15.7. The van der Waals surface area contributed by atoms with E-state index in [0.717, 1.165) is 0 Å². The highest BCUT2D eigenvalue weighted by Crippen LogP contribution is 2.23. The Labute approximate surface area is 133 Å². The smallest absolute Gasteiger partial charge is 0.270 e. The lowest BCUT2D eigenvalue weighted by Crippen LogP contribution is -2.55. The Morgan fingerprint density at radius 1 is 1.43 bits per heavy atom. The van der Waals surface area contributed by atoms with Crippen molar-refractivity contribution in [1.29, 1.82) is 0 Å². The van der Waals surface area contributed by atoms with Gasteiger partial charge < -0.3 is 25.4 Å². The largest absolute Gasteiger partial charge is 0.388 e. The maximum atomic E-state index is 12.0. The molecule has 1 aliphatic heterocycles. The number of nitrogens with zero attached hydrogens (tertiary/aromatic N) is 2. The van der Waals surface area contributed by atoms with E-state index in [1.165, 1.54) is 16.3 Å². The fourth-order valence-electron chi connectivity index (χ4n) is 1.90. The summed E-state index contributed by atoms with van der Waals surface area (Å²) >= 11 is 4.45. The highest BCUT2D eigenvalue weighted by molar-refractivity contribution is 9.10. The van der Waals surface area contributed by atoms with Crippen molar-refractivity contribution in [1.82, 2.24) is 9.55 Å². The van der Waals surface area contributed by atoms with E-state index in [1.54, 1.807) is 13.3 Å². The van der Waals surface area contributed by atoms with Crippen molar-refractivity contribution in [3.05, 3.63) is 14.8 Å². The number of nitrogens with one attached hydrogen (secondary N) is 1. The van der Waals surface area contributed by atoms with Gasteiger partial charge in [-0.1, -0.05) is 11.8 Å². The minimum atomic E-state index is -1.34. The van der Waals surface area contributed by atoms with Crippen LogP contribution in [0.25, 0.3) is 0 Å². The summed E-state index contributed by atoms with van der Waals surface area (Å²) in [6.07, 6.45) is -3.02. The van der Waals surface area contributed by atoms with E-state index < -0.39 is 24.5 Å². The van der Waals surface area contributed by atoms with Gasteiger partial charge >= 0.3 is 0 Å². The fourth-order valence-corrected chi connectivity index (χ4v) is 2.91. The lowest BCUT2D eigenvalue weighted by atomic mass is 10.0. The lowest BCUT2D eigenvalue weighted by molar-refractivity contribution is -0.178. The molecule has 0 bridgehead atoms. The van der Waals surface area contributed by atoms with Crippen LogP contribution in [0.5, 0.6) is 0 Å². The van der Waals surface area contributed by atoms with Gasteiger partial charge in [0.15, 0.2) is 17.2 Å². The standard InChI is InChI=1S/C11H16BrN3O5S/c1-15-10(19)5(12)8(14-11(15)21-2)13-9-7(18)6(17)4(16)3-20-9/h4,6-7,9,13,16-18H,3H2,1-2H3/t4-,6-,7+,9-/m1/s1. The molecule has 8 nitrogen and oxygen atoms in total. The molecule has 118 valence electrons. The Kier molecular flexibility index (Phi) is 5.28. The van der Waals surface area contributed by atoms with Crippen molar-refractivity contribution in [3.63, 3.8) is 0 Å². The van der Waals surface area contributed by atoms with Crippen LogP contribution in [0.15, 0.2) is 14.4 Å². The van der Waals surface area contributed by atoms with Crippen LogP contribution in [-0.2, 0) is 11.8 Å². The molecule has 10 heteroatoms. The van der Waals surface area contributed by atoms with Gasteiger partial charge in [-0.05, 0) is 22.2 Å². The quantitative estimate of drug-likeness (QED) is 0.393. The molecule has 1 aromatic heterocycles. The lowest BCUT2D eigenvalue weighted by Gasteiger charge is -2.35. The maximum Gasteiger partial charge on any atom is 0.270 e. The van der Waals surface area contributed by atoms with Gasteiger partial charge in [-0.25, -0.2) is 4.98 Å². The number of aromatic nitrogens is 2. The third-order valence-corrected chi connectivity index (χ3v) is 4.60. The number of halogens is 1. The van der Waals surface area contributed by atoms with E-state index in [0.29, 0.717) is 5.16 Å². The zero-order valence-corrected chi connectivity index (χ0v) is 13.8. The second-order valence-corrected chi connectivity index (χ2v) is 6.14. The molecule has 4 N–H and O–H groups in total. The van der Waals surface area contributed by atoms with Crippen LogP contribution in [0.4, 0.5) is 5.82 Å². The van der Waals surface area contributed by atoms with E-state index >= 15 is 0 Å². The molecule has 2 rings (SSSR count). The molecule has 0 spiro atoms. The summed E-state index contributed by atoms with van der Waals surface area (Å²) in [5, 5.41) is 32.2. The number of aliphatic hydroxyl groups excluding tert-OH is 3. The topological polar surface area (TPSA) is 117 Å². The first kappa shape index (κ1) is 16.7. The van der Waals surface area contributed by atoms with E-state index in [-0.39, 0.29) is 22.5 Å². The molecule has 0 unspecified atom stereocenters. The Morgan fingerprint density at radius 2 is 2.10 bits per heavy atom. The monoisotopic (exact) mass is 381 g/mol. The van der Waals surface area contributed by atoms with Crippen LogP contribution in [-0.4, -0.2) is 62.3 Å². The van der Waals surface area contributed by atoms with E-state index in [4.69, 9.17) is 4.74 Å². The fraction of sp³-hybridized carbons (Fsp3) is 0.636. The Morgan fingerprint density at radius 3 is 2.71 bits per heavy atom. The summed E-state index contributed by atoms with van der Waals surface area (Å²) in [4.78, 5) is 16.3. The first-order chi connectivity index (χ1) is 9.86. The number of rotatable bonds is 3. The zero-order valence-electron chi connectivity index (χ0n) is 11.4. The summed E-state index contributed by atoms with van der Waals surface area (Å²) in [6.45, 7) is -0.131.